The molecule has 0 radical (unpaired) electrons. The fourth-order valence-electron chi connectivity index (χ4n) is 1.54. The van der Waals surface area contributed by atoms with Crippen molar-refractivity contribution in [2.24, 2.45) is 5.73 Å². The van der Waals surface area contributed by atoms with Crippen molar-refractivity contribution in [2.45, 2.75) is 32.7 Å². The Morgan fingerprint density at radius 1 is 1.24 bits per heavy atom. The van der Waals surface area contributed by atoms with Gasteiger partial charge in [-0.2, -0.15) is 0 Å². The number of aromatic nitrogens is 2. The van der Waals surface area contributed by atoms with Crippen molar-refractivity contribution < 1.29 is 4.42 Å². The van der Waals surface area contributed by atoms with Gasteiger partial charge in [0.25, 0.3) is 0 Å². The summed E-state index contributed by atoms with van der Waals surface area (Å²) in [7, 11) is 0. The van der Waals surface area contributed by atoms with E-state index in [0.29, 0.717) is 18.2 Å². The van der Waals surface area contributed by atoms with Crippen molar-refractivity contribution in [3.05, 3.63) is 47.2 Å². The number of aryl methyl sites for hydroxylation is 1. The lowest BCUT2D eigenvalue weighted by molar-refractivity contribution is 0.418. The van der Waals surface area contributed by atoms with Gasteiger partial charge in [0.15, 0.2) is 0 Å². The molecular formula is C13H17N3O. The summed E-state index contributed by atoms with van der Waals surface area (Å²) in [5.74, 6) is 1.14. The highest BCUT2D eigenvalue weighted by molar-refractivity contribution is 5.23. The maximum absolute atomic E-state index is 5.82. The Labute approximate surface area is 101 Å². The Bertz CT molecular complexity index is 476. The van der Waals surface area contributed by atoms with Gasteiger partial charge in [0.05, 0.1) is 12.5 Å². The van der Waals surface area contributed by atoms with Gasteiger partial charge >= 0.3 is 0 Å². The molecule has 1 heterocycles. The summed E-state index contributed by atoms with van der Waals surface area (Å²) in [4.78, 5) is 0. The van der Waals surface area contributed by atoms with Gasteiger partial charge in [0.1, 0.15) is 0 Å². The SMILES string of the molecule is CCC(N)c1nnc(Cc2ccc(C)cc2)o1. The van der Waals surface area contributed by atoms with Crippen molar-refractivity contribution in [2.75, 3.05) is 0 Å². The van der Waals surface area contributed by atoms with E-state index in [1.807, 2.05) is 6.92 Å². The predicted molar refractivity (Wildman–Crippen MR) is 65.5 cm³/mol. The predicted octanol–water partition coefficient (Wildman–Crippen LogP) is 2.38. The van der Waals surface area contributed by atoms with Crippen LogP contribution in [0.4, 0.5) is 0 Å². The number of benzene rings is 1. The van der Waals surface area contributed by atoms with Crippen molar-refractivity contribution in [3.8, 4) is 0 Å². The van der Waals surface area contributed by atoms with Crippen LogP contribution in [0.2, 0.25) is 0 Å². The molecule has 1 unspecified atom stereocenters. The number of rotatable bonds is 4. The molecule has 90 valence electrons. The van der Waals surface area contributed by atoms with Crippen LogP contribution in [0.25, 0.3) is 0 Å². The topological polar surface area (TPSA) is 64.9 Å². The lowest BCUT2D eigenvalue weighted by atomic mass is 10.1. The Morgan fingerprint density at radius 2 is 1.94 bits per heavy atom. The molecule has 0 aliphatic heterocycles. The van der Waals surface area contributed by atoms with Crippen LogP contribution < -0.4 is 5.73 Å². The van der Waals surface area contributed by atoms with Crippen molar-refractivity contribution >= 4 is 0 Å². The molecule has 0 saturated carbocycles. The molecule has 0 amide bonds. The standard InChI is InChI=1S/C13H17N3O/c1-3-11(14)13-16-15-12(17-13)8-10-6-4-9(2)5-7-10/h4-7,11H,3,8,14H2,1-2H3. The Hall–Kier alpha value is -1.68. The van der Waals surface area contributed by atoms with Crippen LogP contribution in [-0.2, 0) is 6.42 Å². The third kappa shape index (κ3) is 2.91. The first-order valence-corrected chi connectivity index (χ1v) is 5.82. The molecule has 1 atom stereocenters. The lowest BCUT2D eigenvalue weighted by Crippen LogP contribution is -2.08. The molecule has 0 saturated heterocycles. The maximum Gasteiger partial charge on any atom is 0.233 e. The highest BCUT2D eigenvalue weighted by Crippen LogP contribution is 2.14. The van der Waals surface area contributed by atoms with E-state index in [1.165, 1.54) is 5.56 Å². The minimum atomic E-state index is -0.158. The molecule has 4 nitrogen and oxygen atoms in total. The van der Waals surface area contributed by atoms with E-state index in [4.69, 9.17) is 10.2 Å². The molecule has 0 spiro atoms. The first-order valence-electron chi connectivity index (χ1n) is 5.82. The quantitative estimate of drug-likeness (QED) is 0.877. The molecule has 1 aromatic heterocycles. The average molecular weight is 231 g/mol. The van der Waals surface area contributed by atoms with E-state index in [-0.39, 0.29) is 6.04 Å². The first kappa shape index (κ1) is 11.8. The zero-order valence-electron chi connectivity index (χ0n) is 10.2. The Balaban J connectivity index is 2.08. The maximum atomic E-state index is 5.82. The van der Waals surface area contributed by atoms with Crippen molar-refractivity contribution in [1.82, 2.24) is 10.2 Å². The fourth-order valence-corrected chi connectivity index (χ4v) is 1.54. The van der Waals surface area contributed by atoms with Crippen LogP contribution in [-0.4, -0.2) is 10.2 Å². The summed E-state index contributed by atoms with van der Waals surface area (Å²) in [5.41, 5.74) is 8.23. The van der Waals surface area contributed by atoms with Crippen LogP contribution in [0.3, 0.4) is 0 Å². The van der Waals surface area contributed by atoms with Crippen molar-refractivity contribution in [1.29, 1.82) is 0 Å². The third-order valence-electron chi connectivity index (χ3n) is 2.72. The van der Waals surface area contributed by atoms with Gasteiger partial charge in [-0.25, -0.2) is 0 Å². The number of nitrogens with zero attached hydrogens (tertiary/aromatic N) is 2. The summed E-state index contributed by atoms with van der Waals surface area (Å²) >= 11 is 0. The Morgan fingerprint density at radius 3 is 2.59 bits per heavy atom. The molecule has 0 bridgehead atoms. The summed E-state index contributed by atoms with van der Waals surface area (Å²) in [6.07, 6.45) is 1.45. The molecule has 2 aromatic rings. The lowest BCUT2D eigenvalue weighted by Gasteiger charge is -2.00. The normalized spacial score (nSPS) is 12.6. The third-order valence-corrected chi connectivity index (χ3v) is 2.72. The largest absolute Gasteiger partial charge is 0.423 e. The van der Waals surface area contributed by atoms with Gasteiger partial charge in [-0.1, -0.05) is 36.8 Å². The molecule has 0 aliphatic carbocycles. The van der Waals surface area contributed by atoms with Gasteiger partial charge in [-0.05, 0) is 18.9 Å². The molecule has 0 fully saturated rings. The van der Waals surface area contributed by atoms with E-state index in [9.17, 15) is 0 Å². The van der Waals surface area contributed by atoms with E-state index < -0.39 is 0 Å². The van der Waals surface area contributed by atoms with Crippen LogP contribution in [0.1, 0.15) is 42.3 Å². The van der Waals surface area contributed by atoms with Gasteiger partial charge < -0.3 is 10.2 Å². The van der Waals surface area contributed by atoms with Crippen LogP contribution >= 0.6 is 0 Å². The first-order chi connectivity index (χ1) is 8.19. The fraction of sp³-hybridized carbons (Fsp3) is 0.385. The van der Waals surface area contributed by atoms with E-state index >= 15 is 0 Å². The molecule has 2 N–H and O–H groups in total. The van der Waals surface area contributed by atoms with Crippen molar-refractivity contribution in [3.63, 3.8) is 0 Å². The molecule has 0 aliphatic rings. The molecule has 2 rings (SSSR count). The van der Waals surface area contributed by atoms with Gasteiger partial charge in [0, 0.05) is 0 Å². The minimum Gasteiger partial charge on any atom is -0.423 e. The smallest absolute Gasteiger partial charge is 0.233 e. The minimum absolute atomic E-state index is 0.158. The van der Waals surface area contributed by atoms with Crippen LogP contribution in [0.15, 0.2) is 28.7 Å². The molecular weight excluding hydrogens is 214 g/mol. The van der Waals surface area contributed by atoms with E-state index in [0.717, 1.165) is 12.0 Å². The zero-order chi connectivity index (χ0) is 12.3. The van der Waals surface area contributed by atoms with Crippen LogP contribution in [0.5, 0.6) is 0 Å². The monoisotopic (exact) mass is 231 g/mol. The Kier molecular flexibility index (Phi) is 3.54. The van der Waals surface area contributed by atoms with Gasteiger partial charge in [-0.3, -0.25) is 0 Å². The molecule has 4 heteroatoms. The zero-order valence-corrected chi connectivity index (χ0v) is 10.2. The molecule has 17 heavy (non-hydrogen) atoms. The number of nitrogens with two attached hydrogens (primary N) is 1. The molecule has 1 aromatic carbocycles. The second-order valence-corrected chi connectivity index (χ2v) is 4.21. The van der Waals surface area contributed by atoms with Crippen LogP contribution in [0, 0.1) is 6.92 Å². The van der Waals surface area contributed by atoms with Gasteiger partial charge in [0.2, 0.25) is 11.8 Å². The van der Waals surface area contributed by atoms with E-state index in [2.05, 4.69) is 41.4 Å². The second kappa shape index (κ2) is 5.10. The summed E-state index contributed by atoms with van der Waals surface area (Å²) in [5, 5.41) is 7.97. The summed E-state index contributed by atoms with van der Waals surface area (Å²) in [6, 6.07) is 8.13. The second-order valence-electron chi connectivity index (χ2n) is 4.21. The average Bonchev–Trinajstić information content (AvgIpc) is 2.80. The van der Waals surface area contributed by atoms with Gasteiger partial charge in [-0.15, -0.1) is 10.2 Å². The van der Waals surface area contributed by atoms with E-state index in [1.54, 1.807) is 0 Å². The number of hydrogen-bond donors (Lipinski definition) is 1. The highest BCUT2D eigenvalue weighted by atomic mass is 16.4. The number of hydrogen-bond acceptors (Lipinski definition) is 4. The summed E-state index contributed by atoms with van der Waals surface area (Å²) in [6.45, 7) is 4.06. The summed E-state index contributed by atoms with van der Waals surface area (Å²) < 4.78 is 5.52. The highest BCUT2D eigenvalue weighted by Gasteiger charge is 2.12.